The number of rotatable bonds is 4. The van der Waals surface area contributed by atoms with Gasteiger partial charge in [0.25, 0.3) is 0 Å². The molecule has 0 atom stereocenters. The molecule has 4 nitrogen and oxygen atoms in total. The number of nitrogens with zero attached hydrogens (tertiary/aromatic N) is 2. The summed E-state index contributed by atoms with van der Waals surface area (Å²) in [4.78, 5) is 15.0. The summed E-state index contributed by atoms with van der Waals surface area (Å²) in [5, 5.41) is 8.83. The van der Waals surface area contributed by atoms with Gasteiger partial charge < -0.3 is 9.67 Å². The molecule has 1 heterocycles. The molecule has 0 fully saturated rings. The molecule has 1 N–H and O–H groups in total. The molecule has 0 spiro atoms. The first-order valence-corrected chi connectivity index (χ1v) is 5.58. The molecule has 2 rings (SSSR count). The van der Waals surface area contributed by atoms with Gasteiger partial charge in [0.05, 0.1) is 5.56 Å². The number of hydrogen-bond donors (Lipinski definition) is 1. The molecule has 0 aliphatic rings. The van der Waals surface area contributed by atoms with E-state index >= 15 is 0 Å². The second kappa shape index (κ2) is 4.82. The number of hydrogen-bond acceptors (Lipinski definition) is 2. The lowest BCUT2D eigenvalue weighted by Crippen LogP contribution is -2.01. The smallest absolute Gasteiger partial charge is 0.335 e. The fourth-order valence-electron chi connectivity index (χ4n) is 1.74. The molecule has 0 aliphatic heterocycles. The van der Waals surface area contributed by atoms with Crippen LogP contribution < -0.4 is 0 Å². The van der Waals surface area contributed by atoms with E-state index in [0.29, 0.717) is 5.56 Å². The van der Waals surface area contributed by atoms with Crippen LogP contribution in [0.15, 0.2) is 36.7 Å². The van der Waals surface area contributed by atoms with Gasteiger partial charge in [0, 0.05) is 24.5 Å². The second-order valence-electron chi connectivity index (χ2n) is 3.82. The van der Waals surface area contributed by atoms with Crippen LogP contribution in [0.25, 0.3) is 5.69 Å². The summed E-state index contributed by atoms with van der Waals surface area (Å²) in [5.41, 5.74) is 1.24. The van der Waals surface area contributed by atoms with Gasteiger partial charge in [-0.15, -0.1) is 0 Å². The Bertz CT molecular complexity index is 514. The number of imidazole rings is 1. The number of carbonyl (C=O) groups is 1. The quantitative estimate of drug-likeness (QED) is 0.878. The summed E-state index contributed by atoms with van der Waals surface area (Å²) in [6.45, 7) is 2.10. The molecule has 1 aromatic carbocycles. The zero-order valence-corrected chi connectivity index (χ0v) is 9.63. The van der Waals surface area contributed by atoms with Crippen LogP contribution in [0, 0.1) is 0 Å². The van der Waals surface area contributed by atoms with Gasteiger partial charge in [-0.25, -0.2) is 9.78 Å². The van der Waals surface area contributed by atoms with Crippen LogP contribution in [0.3, 0.4) is 0 Å². The molecular weight excluding hydrogens is 216 g/mol. The number of aromatic carboxylic acids is 1. The number of benzene rings is 1. The minimum Gasteiger partial charge on any atom is -0.478 e. The van der Waals surface area contributed by atoms with E-state index in [-0.39, 0.29) is 0 Å². The molecule has 4 heteroatoms. The SMILES string of the molecule is CCCc1nccn1-c1ccc(C(=O)O)cc1. The van der Waals surface area contributed by atoms with Gasteiger partial charge in [-0.1, -0.05) is 6.92 Å². The lowest BCUT2D eigenvalue weighted by Gasteiger charge is -2.07. The Morgan fingerprint density at radius 1 is 1.35 bits per heavy atom. The Morgan fingerprint density at radius 2 is 2.06 bits per heavy atom. The highest BCUT2D eigenvalue weighted by Crippen LogP contribution is 2.13. The highest BCUT2D eigenvalue weighted by atomic mass is 16.4. The van der Waals surface area contributed by atoms with Gasteiger partial charge >= 0.3 is 5.97 Å². The molecule has 2 aromatic rings. The topological polar surface area (TPSA) is 55.1 Å². The molecule has 0 aliphatic carbocycles. The Labute approximate surface area is 99.5 Å². The highest BCUT2D eigenvalue weighted by Gasteiger charge is 2.06. The van der Waals surface area contributed by atoms with Crippen LogP contribution >= 0.6 is 0 Å². The van der Waals surface area contributed by atoms with E-state index in [1.54, 1.807) is 30.5 Å². The van der Waals surface area contributed by atoms with E-state index in [9.17, 15) is 4.79 Å². The van der Waals surface area contributed by atoms with Crippen molar-refractivity contribution in [1.29, 1.82) is 0 Å². The van der Waals surface area contributed by atoms with Crippen molar-refractivity contribution >= 4 is 5.97 Å². The summed E-state index contributed by atoms with van der Waals surface area (Å²) in [6, 6.07) is 6.80. The van der Waals surface area contributed by atoms with Crippen LogP contribution in [-0.2, 0) is 6.42 Å². The maximum absolute atomic E-state index is 10.7. The second-order valence-corrected chi connectivity index (χ2v) is 3.82. The first-order chi connectivity index (χ1) is 8.22. The molecule has 0 unspecified atom stereocenters. The fourth-order valence-corrected chi connectivity index (χ4v) is 1.74. The van der Waals surface area contributed by atoms with Crippen LogP contribution in [0.4, 0.5) is 0 Å². The molecule has 0 saturated heterocycles. The van der Waals surface area contributed by atoms with Crippen LogP contribution in [0.5, 0.6) is 0 Å². The summed E-state index contributed by atoms with van der Waals surface area (Å²) in [5.74, 6) is 0.0894. The van der Waals surface area contributed by atoms with Crippen LogP contribution in [0.1, 0.15) is 29.5 Å². The van der Waals surface area contributed by atoms with E-state index in [1.807, 2.05) is 10.8 Å². The van der Waals surface area contributed by atoms with E-state index < -0.39 is 5.97 Å². The van der Waals surface area contributed by atoms with Gasteiger partial charge in [0.15, 0.2) is 0 Å². The Hall–Kier alpha value is -2.10. The van der Waals surface area contributed by atoms with Crippen molar-refractivity contribution < 1.29 is 9.90 Å². The first-order valence-electron chi connectivity index (χ1n) is 5.58. The summed E-state index contributed by atoms with van der Waals surface area (Å²) >= 11 is 0. The van der Waals surface area contributed by atoms with E-state index in [4.69, 9.17) is 5.11 Å². The maximum Gasteiger partial charge on any atom is 0.335 e. The molecule has 17 heavy (non-hydrogen) atoms. The fraction of sp³-hybridized carbons (Fsp3) is 0.231. The van der Waals surface area contributed by atoms with Gasteiger partial charge in [0.1, 0.15) is 5.82 Å². The van der Waals surface area contributed by atoms with E-state index in [2.05, 4.69) is 11.9 Å². The van der Waals surface area contributed by atoms with Gasteiger partial charge in [0.2, 0.25) is 0 Å². The number of aryl methyl sites for hydroxylation is 1. The van der Waals surface area contributed by atoms with E-state index in [1.165, 1.54) is 0 Å². The predicted molar refractivity (Wildman–Crippen MR) is 64.5 cm³/mol. The Kier molecular flexibility index (Phi) is 3.23. The number of aromatic nitrogens is 2. The monoisotopic (exact) mass is 230 g/mol. The predicted octanol–water partition coefficient (Wildman–Crippen LogP) is 2.52. The first kappa shape index (κ1) is 11.4. The molecule has 0 radical (unpaired) electrons. The van der Waals surface area contributed by atoms with Crippen molar-refractivity contribution in [2.45, 2.75) is 19.8 Å². The van der Waals surface area contributed by atoms with Crippen LogP contribution in [0.2, 0.25) is 0 Å². The minimum atomic E-state index is -0.907. The van der Waals surface area contributed by atoms with Crippen molar-refractivity contribution in [2.24, 2.45) is 0 Å². The van der Waals surface area contributed by atoms with Crippen molar-refractivity contribution in [3.05, 3.63) is 48.0 Å². The third kappa shape index (κ3) is 2.36. The standard InChI is InChI=1S/C13H14N2O2/c1-2-3-12-14-8-9-15(12)11-6-4-10(5-7-11)13(16)17/h4-9H,2-3H2,1H3,(H,16,17). The van der Waals surface area contributed by atoms with Gasteiger partial charge in [-0.2, -0.15) is 0 Å². The highest BCUT2D eigenvalue weighted by molar-refractivity contribution is 5.87. The molecule has 1 aromatic heterocycles. The third-order valence-electron chi connectivity index (χ3n) is 2.58. The van der Waals surface area contributed by atoms with Crippen molar-refractivity contribution in [2.75, 3.05) is 0 Å². The summed E-state index contributed by atoms with van der Waals surface area (Å²) in [7, 11) is 0. The largest absolute Gasteiger partial charge is 0.478 e. The van der Waals surface area contributed by atoms with Gasteiger partial charge in [-0.05, 0) is 30.7 Å². The Balaban J connectivity index is 2.33. The van der Waals surface area contributed by atoms with Crippen molar-refractivity contribution in [3.63, 3.8) is 0 Å². The van der Waals surface area contributed by atoms with E-state index in [0.717, 1.165) is 24.4 Å². The number of carboxylic acids is 1. The number of carboxylic acid groups (broad SMARTS) is 1. The zero-order chi connectivity index (χ0) is 12.3. The summed E-state index contributed by atoms with van der Waals surface area (Å²) in [6.07, 6.45) is 5.59. The maximum atomic E-state index is 10.7. The molecule has 0 saturated carbocycles. The normalized spacial score (nSPS) is 10.4. The molecule has 0 bridgehead atoms. The van der Waals surface area contributed by atoms with Crippen LogP contribution in [-0.4, -0.2) is 20.6 Å². The van der Waals surface area contributed by atoms with Crippen molar-refractivity contribution in [1.82, 2.24) is 9.55 Å². The minimum absolute atomic E-state index is 0.297. The average Bonchev–Trinajstić information content (AvgIpc) is 2.78. The molecule has 0 amide bonds. The molecule has 88 valence electrons. The Morgan fingerprint density at radius 3 is 2.65 bits per heavy atom. The zero-order valence-electron chi connectivity index (χ0n) is 9.63. The molecular formula is C13H14N2O2. The third-order valence-corrected chi connectivity index (χ3v) is 2.58. The van der Waals surface area contributed by atoms with Gasteiger partial charge in [-0.3, -0.25) is 0 Å². The van der Waals surface area contributed by atoms with Crippen molar-refractivity contribution in [3.8, 4) is 5.69 Å². The lowest BCUT2D eigenvalue weighted by atomic mass is 10.2. The lowest BCUT2D eigenvalue weighted by molar-refractivity contribution is 0.0697. The average molecular weight is 230 g/mol. The summed E-state index contributed by atoms with van der Waals surface area (Å²) < 4.78 is 1.98.